The normalized spacial score (nSPS) is 10.3. The maximum absolute atomic E-state index is 11.4. The van der Waals surface area contributed by atoms with Gasteiger partial charge in [-0.1, -0.05) is 30.3 Å². The molecule has 0 fully saturated rings. The molecule has 2 rings (SSSR count). The lowest BCUT2D eigenvalue weighted by Gasteiger charge is -2.06. The molecule has 0 saturated heterocycles. The van der Waals surface area contributed by atoms with E-state index in [2.05, 4.69) is 10.1 Å². The summed E-state index contributed by atoms with van der Waals surface area (Å²) in [6.45, 7) is 0.251. The molecule has 1 heterocycles. The quantitative estimate of drug-likeness (QED) is 0.465. The number of benzene rings is 1. The number of carbonyl (C=O) groups excluding carboxylic acids is 1. The summed E-state index contributed by atoms with van der Waals surface area (Å²) in [6, 6.07) is 9.62. The maximum Gasteiger partial charge on any atom is 0.329 e. The van der Waals surface area contributed by atoms with Crippen LogP contribution in [0.1, 0.15) is 5.56 Å². The molecule has 0 atom stereocenters. The third kappa shape index (κ3) is 4.40. The van der Waals surface area contributed by atoms with Gasteiger partial charge in [-0.15, -0.1) is 5.10 Å². The van der Waals surface area contributed by atoms with Crippen LogP contribution in [-0.2, 0) is 27.4 Å². The zero-order chi connectivity index (χ0) is 13.5. The average Bonchev–Trinajstić information content (AvgIpc) is 2.81. The average molecular weight is 262 g/mol. The predicted octanol–water partition coefficient (Wildman–Crippen LogP) is 0.578. The Bertz CT molecular complexity index is 527. The number of carbonyl (C=O) groups is 1. The third-order valence-electron chi connectivity index (χ3n) is 2.26. The fraction of sp³-hybridized carbons (Fsp3) is 0.250. The Morgan fingerprint density at radius 1 is 1.32 bits per heavy atom. The molecule has 2 N–H and O–H groups in total. The van der Waals surface area contributed by atoms with Crippen molar-refractivity contribution < 1.29 is 14.3 Å². The van der Waals surface area contributed by atoms with Crippen LogP contribution in [0.4, 0.5) is 5.95 Å². The number of aromatic nitrogens is 3. The lowest BCUT2D eigenvalue weighted by molar-refractivity contribution is -0.158. The van der Waals surface area contributed by atoms with E-state index in [0.29, 0.717) is 6.61 Å². The van der Waals surface area contributed by atoms with Gasteiger partial charge in [0.15, 0.2) is 6.79 Å². The van der Waals surface area contributed by atoms with Gasteiger partial charge in [-0.2, -0.15) is 0 Å². The first kappa shape index (κ1) is 13.0. The van der Waals surface area contributed by atoms with Gasteiger partial charge in [0.2, 0.25) is 5.95 Å². The van der Waals surface area contributed by atoms with Crippen molar-refractivity contribution in [2.24, 2.45) is 0 Å². The van der Waals surface area contributed by atoms with Gasteiger partial charge in [0.05, 0.1) is 6.61 Å². The van der Waals surface area contributed by atoms with Crippen molar-refractivity contribution >= 4 is 11.9 Å². The Morgan fingerprint density at radius 2 is 2.11 bits per heavy atom. The van der Waals surface area contributed by atoms with E-state index in [1.165, 1.54) is 11.0 Å². The van der Waals surface area contributed by atoms with Crippen LogP contribution in [0.25, 0.3) is 0 Å². The second-order valence-corrected chi connectivity index (χ2v) is 3.77. The number of rotatable bonds is 6. The first-order valence-electron chi connectivity index (χ1n) is 5.66. The summed E-state index contributed by atoms with van der Waals surface area (Å²) in [5.74, 6) is -0.342. The zero-order valence-corrected chi connectivity index (χ0v) is 10.2. The monoisotopic (exact) mass is 262 g/mol. The van der Waals surface area contributed by atoms with Crippen molar-refractivity contribution in [2.45, 2.75) is 13.2 Å². The van der Waals surface area contributed by atoms with Crippen LogP contribution >= 0.6 is 0 Å². The van der Waals surface area contributed by atoms with E-state index in [-0.39, 0.29) is 19.3 Å². The van der Waals surface area contributed by atoms with E-state index in [4.69, 9.17) is 15.2 Å². The number of hydrogen-bond acceptors (Lipinski definition) is 6. The molecule has 1 aromatic heterocycles. The maximum atomic E-state index is 11.4. The first-order valence-corrected chi connectivity index (χ1v) is 5.66. The summed E-state index contributed by atoms with van der Waals surface area (Å²) in [7, 11) is 0. The van der Waals surface area contributed by atoms with E-state index in [1.54, 1.807) is 0 Å². The van der Waals surface area contributed by atoms with Crippen molar-refractivity contribution in [3.05, 3.63) is 42.2 Å². The van der Waals surface area contributed by atoms with Gasteiger partial charge in [0.1, 0.15) is 12.9 Å². The molecule has 0 amide bonds. The van der Waals surface area contributed by atoms with Gasteiger partial charge < -0.3 is 15.2 Å². The summed E-state index contributed by atoms with van der Waals surface area (Å²) in [5.41, 5.74) is 6.34. The van der Waals surface area contributed by atoms with Crippen molar-refractivity contribution in [1.82, 2.24) is 14.8 Å². The minimum Gasteiger partial charge on any atom is -0.437 e. The number of ether oxygens (including phenoxy) is 2. The third-order valence-corrected chi connectivity index (χ3v) is 2.26. The van der Waals surface area contributed by atoms with E-state index in [1.807, 2.05) is 30.3 Å². The number of nitrogen functional groups attached to an aromatic ring is 1. The summed E-state index contributed by atoms with van der Waals surface area (Å²) in [5, 5.41) is 3.77. The van der Waals surface area contributed by atoms with Crippen molar-refractivity contribution in [3.63, 3.8) is 0 Å². The van der Waals surface area contributed by atoms with Crippen molar-refractivity contribution in [3.8, 4) is 0 Å². The molecule has 0 spiro atoms. The molecular weight excluding hydrogens is 248 g/mol. The summed E-state index contributed by atoms with van der Waals surface area (Å²) < 4.78 is 11.4. The molecule has 100 valence electrons. The molecule has 0 aliphatic rings. The standard InChI is InChI=1S/C12H14N4O3/c13-12-14-8-16(15-12)6-11(17)19-9-18-7-10-4-2-1-3-5-10/h1-5,8H,6-7,9H2,(H2,13,15). The number of esters is 1. The second-order valence-electron chi connectivity index (χ2n) is 3.77. The topological polar surface area (TPSA) is 92.3 Å². The fourth-order valence-electron chi connectivity index (χ4n) is 1.40. The molecule has 19 heavy (non-hydrogen) atoms. The molecular formula is C12H14N4O3. The Kier molecular flexibility index (Phi) is 4.46. The van der Waals surface area contributed by atoms with Crippen LogP contribution < -0.4 is 5.73 Å². The van der Waals surface area contributed by atoms with Gasteiger partial charge >= 0.3 is 5.97 Å². The van der Waals surface area contributed by atoms with E-state index < -0.39 is 5.97 Å². The lowest BCUT2D eigenvalue weighted by atomic mass is 10.2. The SMILES string of the molecule is Nc1ncn(CC(=O)OCOCc2ccccc2)n1. The minimum atomic E-state index is -0.460. The molecule has 0 bridgehead atoms. The molecule has 0 unspecified atom stereocenters. The van der Waals surface area contributed by atoms with Crippen LogP contribution in [-0.4, -0.2) is 27.5 Å². The predicted molar refractivity (Wildman–Crippen MR) is 66.6 cm³/mol. The highest BCUT2D eigenvalue weighted by Crippen LogP contribution is 2.00. The molecule has 0 aliphatic carbocycles. The highest BCUT2D eigenvalue weighted by atomic mass is 16.7. The number of anilines is 1. The van der Waals surface area contributed by atoms with Gasteiger partial charge in [-0.25, -0.2) is 14.5 Å². The summed E-state index contributed by atoms with van der Waals surface area (Å²) in [6.07, 6.45) is 1.36. The molecule has 0 saturated carbocycles. The smallest absolute Gasteiger partial charge is 0.329 e. The Morgan fingerprint density at radius 3 is 2.79 bits per heavy atom. The zero-order valence-electron chi connectivity index (χ0n) is 10.2. The fourth-order valence-corrected chi connectivity index (χ4v) is 1.40. The van der Waals surface area contributed by atoms with Crippen LogP contribution in [0.2, 0.25) is 0 Å². The van der Waals surface area contributed by atoms with E-state index in [0.717, 1.165) is 5.56 Å². The second kappa shape index (κ2) is 6.50. The largest absolute Gasteiger partial charge is 0.437 e. The van der Waals surface area contributed by atoms with Crippen molar-refractivity contribution in [1.29, 1.82) is 0 Å². The molecule has 7 heteroatoms. The van der Waals surface area contributed by atoms with Gasteiger partial charge in [-0.05, 0) is 5.56 Å². The van der Waals surface area contributed by atoms with Gasteiger partial charge in [0.25, 0.3) is 0 Å². The van der Waals surface area contributed by atoms with Gasteiger partial charge in [-0.3, -0.25) is 0 Å². The Hall–Kier alpha value is -2.41. The highest BCUT2D eigenvalue weighted by molar-refractivity contribution is 5.68. The van der Waals surface area contributed by atoms with E-state index in [9.17, 15) is 4.79 Å². The van der Waals surface area contributed by atoms with Crippen LogP contribution in [0.15, 0.2) is 36.7 Å². The number of hydrogen-bond donors (Lipinski definition) is 1. The molecule has 0 radical (unpaired) electrons. The van der Waals surface area contributed by atoms with Crippen LogP contribution in [0.5, 0.6) is 0 Å². The number of nitrogens with two attached hydrogens (primary N) is 1. The lowest BCUT2D eigenvalue weighted by Crippen LogP contribution is -2.15. The highest BCUT2D eigenvalue weighted by Gasteiger charge is 2.05. The van der Waals surface area contributed by atoms with E-state index >= 15 is 0 Å². The molecule has 7 nitrogen and oxygen atoms in total. The Balaban J connectivity index is 1.64. The van der Waals surface area contributed by atoms with Crippen LogP contribution in [0.3, 0.4) is 0 Å². The summed E-state index contributed by atoms with van der Waals surface area (Å²) in [4.78, 5) is 15.1. The molecule has 2 aromatic rings. The first-order chi connectivity index (χ1) is 9.24. The minimum absolute atomic E-state index is 0.0428. The van der Waals surface area contributed by atoms with Crippen molar-refractivity contribution in [2.75, 3.05) is 12.5 Å². The molecule has 0 aliphatic heterocycles. The van der Waals surface area contributed by atoms with Gasteiger partial charge in [0, 0.05) is 0 Å². The Labute approximate surface area is 110 Å². The molecule has 1 aromatic carbocycles. The summed E-state index contributed by atoms with van der Waals surface area (Å²) >= 11 is 0. The number of nitrogens with zero attached hydrogens (tertiary/aromatic N) is 3. The van der Waals surface area contributed by atoms with Crippen LogP contribution in [0, 0.1) is 0 Å².